The van der Waals surface area contributed by atoms with Gasteiger partial charge in [-0.15, -0.1) is 0 Å². The molecular formula is C29H36FN3O2. The molecule has 0 radical (unpaired) electrons. The standard InChI is InChI=1S/C29H36FN3O2/c1-20(7-5-16-34)33-21(2)17-26-25-8-3-4-9-27(25)31-28(26)29(33)22-10-12-23(13-11-22)35-24-18-32(19-24)15-6-14-30/h3-4,8-13,21,24,29,31,34H,1,5-7,14-19H2,2H3/t21-,29-/m0/s1. The number of halogens is 1. The number of alkyl halides is 1. The number of hydrogen-bond acceptors (Lipinski definition) is 4. The van der Waals surface area contributed by atoms with Crippen LogP contribution in [0.2, 0.25) is 0 Å². The Morgan fingerprint density at radius 1 is 1.14 bits per heavy atom. The van der Waals surface area contributed by atoms with Gasteiger partial charge in [-0.1, -0.05) is 36.9 Å². The lowest BCUT2D eigenvalue weighted by molar-refractivity contribution is 0.0184. The highest BCUT2D eigenvalue weighted by atomic mass is 19.1. The zero-order chi connectivity index (χ0) is 24.4. The van der Waals surface area contributed by atoms with Gasteiger partial charge in [-0.25, -0.2) is 0 Å². The van der Waals surface area contributed by atoms with Crippen molar-refractivity contribution >= 4 is 10.9 Å². The highest BCUT2D eigenvalue weighted by molar-refractivity contribution is 5.85. The second-order valence-corrected chi connectivity index (χ2v) is 9.93. The average Bonchev–Trinajstić information content (AvgIpc) is 3.21. The van der Waals surface area contributed by atoms with Crippen molar-refractivity contribution in [3.05, 3.63) is 77.6 Å². The molecule has 5 rings (SSSR count). The molecule has 0 aliphatic carbocycles. The topological polar surface area (TPSA) is 51.7 Å². The summed E-state index contributed by atoms with van der Waals surface area (Å²) in [5.74, 6) is 0.871. The van der Waals surface area contributed by atoms with Crippen molar-refractivity contribution in [2.24, 2.45) is 0 Å². The molecule has 2 aromatic carbocycles. The van der Waals surface area contributed by atoms with Crippen LogP contribution in [0.1, 0.15) is 49.0 Å². The Balaban J connectivity index is 1.41. The number of para-hydroxylation sites is 1. The van der Waals surface area contributed by atoms with Crippen LogP contribution in [0.4, 0.5) is 4.39 Å². The highest BCUT2D eigenvalue weighted by Gasteiger charge is 2.36. The predicted octanol–water partition coefficient (Wildman–Crippen LogP) is 5.21. The van der Waals surface area contributed by atoms with Crippen LogP contribution in [-0.2, 0) is 6.42 Å². The molecule has 2 aliphatic heterocycles. The number of nitrogens with zero attached hydrogens (tertiary/aromatic N) is 2. The lowest BCUT2D eigenvalue weighted by Gasteiger charge is -2.44. The van der Waals surface area contributed by atoms with Gasteiger partial charge in [0.2, 0.25) is 0 Å². The van der Waals surface area contributed by atoms with Gasteiger partial charge in [0, 0.05) is 54.6 Å². The Hall–Kier alpha value is -2.83. The maximum atomic E-state index is 12.4. The van der Waals surface area contributed by atoms with E-state index in [1.54, 1.807) is 0 Å². The highest BCUT2D eigenvalue weighted by Crippen LogP contribution is 2.43. The Labute approximate surface area is 207 Å². The van der Waals surface area contributed by atoms with Crippen LogP contribution in [0.5, 0.6) is 5.75 Å². The van der Waals surface area contributed by atoms with Gasteiger partial charge >= 0.3 is 0 Å². The van der Waals surface area contributed by atoms with Crippen LogP contribution in [0, 0.1) is 0 Å². The molecule has 3 heterocycles. The summed E-state index contributed by atoms with van der Waals surface area (Å²) >= 11 is 0. The third-order valence-electron chi connectivity index (χ3n) is 7.39. The Bertz CT molecular complexity index is 1150. The van der Waals surface area contributed by atoms with E-state index in [1.807, 2.05) is 0 Å². The van der Waals surface area contributed by atoms with E-state index in [1.165, 1.54) is 27.7 Å². The van der Waals surface area contributed by atoms with Crippen molar-refractivity contribution in [1.82, 2.24) is 14.8 Å². The third kappa shape index (κ3) is 4.82. The van der Waals surface area contributed by atoms with E-state index >= 15 is 0 Å². The van der Waals surface area contributed by atoms with Gasteiger partial charge in [0.25, 0.3) is 0 Å². The van der Waals surface area contributed by atoms with Crippen LogP contribution in [-0.4, -0.2) is 65.0 Å². The van der Waals surface area contributed by atoms with Gasteiger partial charge in [-0.3, -0.25) is 9.29 Å². The number of rotatable bonds is 10. The molecule has 0 bridgehead atoms. The van der Waals surface area contributed by atoms with Gasteiger partial charge in [-0.05, 0) is 61.9 Å². The van der Waals surface area contributed by atoms with Crippen LogP contribution in [0.3, 0.4) is 0 Å². The van der Waals surface area contributed by atoms with E-state index in [0.717, 1.165) is 43.9 Å². The monoisotopic (exact) mass is 477 g/mol. The number of allylic oxidation sites excluding steroid dienone is 1. The van der Waals surface area contributed by atoms with Gasteiger partial charge < -0.3 is 19.7 Å². The molecule has 186 valence electrons. The second kappa shape index (κ2) is 10.4. The first-order chi connectivity index (χ1) is 17.1. The number of H-pyrrole nitrogens is 1. The predicted molar refractivity (Wildman–Crippen MR) is 138 cm³/mol. The van der Waals surface area contributed by atoms with Crippen molar-refractivity contribution in [1.29, 1.82) is 0 Å². The van der Waals surface area contributed by atoms with Crippen LogP contribution >= 0.6 is 0 Å². The molecule has 0 unspecified atom stereocenters. The van der Waals surface area contributed by atoms with Crippen molar-refractivity contribution in [2.75, 3.05) is 32.9 Å². The summed E-state index contributed by atoms with van der Waals surface area (Å²) in [7, 11) is 0. The molecule has 6 heteroatoms. The number of benzene rings is 2. The Morgan fingerprint density at radius 2 is 1.91 bits per heavy atom. The summed E-state index contributed by atoms with van der Waals surface area (Å²) in [6.07, 6.45) is 3.21. The number of aliphatic hydroxyl groups is 1. The minimum atomic E-state index is -0.259. The summed E-state index contributed by atoms with van der Waals surface area (Å²) < 4.78 is 18.6. The maximum Gasteiger partial charge on any atom is 0.124 e. The molecule has 0 saturated carbocycles. The van der Waals surface area contributed by atoms with E-state index in [0.29, 0.717) is 18.9 Å². The number of fused-ring (bicyclic) bond motifs is 3. The number of hydrogen-bond donors (Lipinski definition) is 2. The van der Waals surface area contributed by atoms with E-state index in [9.17, 15) is 9.50 Å². The molecule has 2 N–H and O–H groups in total. The fourth-order valence-electron chi connectivity index (χ4n) is 5.68. The zero-order valence-electron chi connectivity index (χ0n) is 20.5. The number of ether oxygens (including phenoxy) is 1. The number of nitrogens with one attached hydrogen (secondary N) is 1. The molecule has 5 nitrogen and oxygen atoms in total. The first-order valence-corrected chi connectivity index (χ1v) is 12.8. The SMILES string of the molecule is C=C(CCCO)N1[C@@H](c2ccc(OC3CN(CCCF)C3)cc2)c2[nH]c3ccccc3c2C[C@@H]1C. The van der Waals surface area contributed by atoms with Crippen LogP contribution in [0.25, 0.3) is 10.9 Å². The summed E-state index contributed by atoms with van der Waals surface area (Å²) in [5.41, 5.74) is 6.03. The third-order valence-corrected chi connectivity index (χ3v) is 7.39. The average molecular weight is 478 g/mol. The molecule has 1 saturated heterocycles. The number of aromatic nitrogens is 1. The minimum absolute atomic E-state index is 0.0290. The van der Waals surface area contributed by atoms with Gasteiger partial charge in [0.15, 0.2) is 0 Å². The van der Waals surface area contributed by atoms with Crippen molar-refractivity contribution in [2.45, 2.75) is 50.8 Å². The molecule has 1 fully saturated rings. The first kappa shape index (κ1) is 23.9. The zero-order valence-corrected chi connectivity index (χ0v) is 20.5. The first-order valence-electron chi connectivity index (χ1n) is 12.8. The van der Waals surface area contributed by atoms with E-state index in [2.05, 4.69) is 76.8 Å². The molecule has 2 aliphatic rings. The summed E-state index contributed by atoms with van der Waals surface area (Å²) in [4.78, 5) is 8.38. The fraction of sp³-hybridized carbons (Fsp3) is 0.448. The van der Waals surface area contributed by atoms with Gasteiger partial charge in [0.1, 0.15) is 11.9 Å². The van der Waals surface area contributed by atoms with Crippen molar-refractivity contribution < 1.29 is 14.2 Å². The maximum absolute atomic E-state index is 12.4. The van der Waals surface area contributed by atoms with Crippen LogP contribution < -0.4 is 4.74 Å². The lowest BCUT2D eigenvalue weighted by Crippen LogP contribution is -2.53. The van der Waals surface area contributed by atoms with E-state index in [4.69, 9.17) is 4.74 Å². The lowest BCUT2D eigenvalue weighted by atomic mass is 9.87. The Morgan fingerprint density at radius 3 is 2.66 bits per heavy atom. The fourth-order valence-corrected chi connectivity index (χ4v) is 5.68. The molecule has 3 aromatic rings. The quantitative estimate of drug-likeness (QED) is 0.421. The van der Waals surface area contributed by atoms with Gasteiger partial charge in [-0.2, -0.15) is 0 Å². The van der Waals surface area contributed by atoms with E-state index in [-0.39, 0.29) is 25.4 Å². The number of aliphatic hydroxyl groups excluding tert-OH is 1. The number of likely N-dealkylation sites (tertiary alicyclic amines) is 1. The molecule has 0 amide bonds. The number of aromatic amines is 1. The Kier molecular flexibility index (Phi) is 7.12. The molecule has 1 aromatic heterocycles. The molecule has 2 atom stereocenters. The summed E-state index contributed by atoms with van der Waals surface area (Å²) in [6, 6.07) is 17.3. The minimum Gasteiger partial charge on any atom is -0.488 e. The molecular weight excluding hydrogens is 441 g/mol. The summed E-state index contributed by atoms with van der Waals surface area (Å²) in [6.45, 7) is 9.12. The molecule has 35 heavy (non-hydrogen) atoms. The van der Waals surface area contributed by atoms with Crippen LogP contribution in [0.15, 0.2) is 60.8 Å². The van der Waals surface area contributed by atoms with E-state index < -0.39 is 0 Å². The smallest absolute Gasteiger partial charge is 0.124 e. The van der Waals surface area contributed by atoms with Crippen molar-refractivity contribution in [3.8, 4) is 5.75 Å². The van der Waals surface area contributed by atoms with Crippen molar-refractivity contribution in [3.63, 3.8) is 0 Å². The normalized spacial score (nSPS) is 20.6. The summed E-state index contributed by atoms with van der Waals surface area (Å²) in [5, 5.41) is 10.7. The molecule has 0 spiro atoms. The largest absolute Gasteiger partial charge is 0.488 e. The second-order valence-electron chi connectivity index (χ2n) is 9.93. The van der Waals surface area contributed by atoms with Gasteiger partial charge in [0.05, 0.1) is 12.7 Å².